The fourth-order valence-corrected chi connectivity index (χ4v) is 2.26. The van der Waals surface area contributed by atoms with Gasteiger partial charge in [0, 0.05) is 11.8 Å². The Morgan fingerprint density at radius 3 is 1.77 bits per heavy atom. The lowest BCUT2D eigenvalue weighted by atomic mass is 10.0. The molecule has 0 amide bonds. The largest absolute Gasteiger partial charge is 0.460 e. The highest BCUT2D eigenvalue weighted by Gasteiger charge is 2.83. The second-order valence-corrected chi connectivity index (χ2v) is 6.07. The molecule has 2 nitrogen and oxygen atoms in total. The van der Waals surface area contributed by atoms with Crippen molar-refractivity contribution in [1.29, 1.82) is 0 Å². The van der Waals surface area contributed by atoms with E-state index in [0.717, 1.165) is 12.1 Å². The lowest BCUT2D eigenvalue weighted by Gasteiger charge is -2.32. The zero-order valence-corrected chi connectivity index (χ0v) is 14.8. The minimum atomic E-state index is -7.39. The van der Waals surface area contributed by atoms with Crippen molar-refractivity contribution in [3.05, 3.63) is 60.4 Å². The third kappa shape index (κ3) is 4.39. The van der Waals surface area contributed by atoms with Gasteiger partial charge in [-0.15, -0.1) is 0 Å². The van der Waals surface area contributed by atoms with E-state index in [1.807, 2.05) is 0 Å². The lowest BCUT2D eigenvalue weighted by Crippen LogP contribution is -2.61. The first kappa shape index (κ1) is 24.3. The molecule has 2 rings (SSSR count). The summed E-state index contributed by atoms with van der Waals surface area (Å²) in [7, 11) is 0. The first-order chi connectivity index (χ1) is 14.0. The number of hydrogen-bond donors (Lipinski definition) is 1. The van der Waals surface area contributed by atoms with Crippen LogP contribution in [0, 0.1) is 0 Å². The summed E-state index contributed by atoms with van der Waals surface area (Å²) >= 11 is 0. The third-order valence-electron chi connectivity index (χ3n) is 3.84. The number of nitrogen functional groups attached to an aromatic ring is 1. The number of anilines is 1. The third-order valence-corrected chi connectivity index (χ3v) is 3.84. The molecule has 13 heteroatoms. The van der Waals surface area contributed by atoms with Crippen LogP contribution in [0.1, 0.15) is 0 Å². The van der Waals surface area contributed by atoms with Gasteiger partial charge in [-0.1, -0.05) is 30.3 Å². The fraction of sp³-hybridized carbons (Fsp3) is 0.222. The molecule has 0 atom stereocenters. The number of rotatable bonds is 6. The molecule has 0 aromatic heterocycles. The molecule has 0 saturated carbocycles. The van der Waals surface area contributed by atoms with Crippen LogP contribution in [-0.4, -0.2) is 23.9 Å². The maximum absolute atomic E-state index is 13.8. The van der Waals surface area contributed by atoms with Gasteiger partial charge in [-0.2, -0.15) is 48.3 Å². The predicted molar refractivity (Wildman–Crippen MR) is 87.1 cm³/mol. The highest BCUT2D eigenvalue weighted by atomic mass is 19.4. The minimum absolute atomic E-state index is 0.171. The Morgan fingerprint density at radius 2 is 1.26 bits per heavy atom. The number of benzene rings is 2. The predicted octanol–water partition coefficient (Wildman–Crippen LogP) is 6.89. The van der Waals surface area contributed by atoms with Crippen LogP contribution in [0.4, 0.5) is 54.0 Å². The molecule has 0 unspecified atom stereocenters. The van der Waals surface area contributed by atoms with Crippen molar-refractivity contribution in [2.75, 3.05) is 5.73 Å². The van der Waals surface area contributed by atoms with Crippen LogP contribution >= 0.6 is 0 Å². The quantitative estimate of drug-likeness (QED) is 0.287. The Labute approximate surface area is 166 Å². The van der Waals surface area contributed by atoms with E-state index in [1.54, 1.807) is 18.2 Å². The van der Waals surface area contributed by atoms with E-state index in [0.29, 0.717) is 5.56 Å². The van der Waals surface area contributed by atoms with Crippen molar-refractivity contribution in [2.45, 2.75) is 23.9 Å². The molecule has 0 spiro atoms. The number of alkyl halides is 9. The highest BCUT2D eigenvalue weighted by Crippen LogP contribution is 2.55. The van der Waals surface area contributed by atoms with Crippen molar-refractivity contribution in [1.82, 2.24) is 0 Å². The van der Waals surface area contributed by atoms with Crippen molar-refractivity contribution < 1.29 is 53.0 Å². The van der Waals surface area contributed by atoms with Gasteiger partial charge in [0.1, 0.15) is 5.75 Å². The topological polar surface area (TPSA) is 35.2 Å². The second kappa shape index (κ2) is 7.93. The van der Waals surface area contributed by atoms with Gasteiger partial charge >= 0.3 is 30.0 Å². The maximum atomic E-state index is 13.8. The molecule has 0 aliphatic rings. The standard InChI is InChI=1S/C18H10F11NO/c19-13(15(21,22)16(23,24)17(25,26)18(27,28)29)14(20)31-12-7-10(6-11(30)8-12)9-4-2-1-3-5-9/h1-8H,30H2. The maximum Gasteiger partial charge on any atom is 0.460 e. The van der Waals surface area contributed by atoms with Gasteiger partial charge in [0.15, 0.2) is 0 Å². The van der Waals surface area contributed by atoms with Crippen LogP contribution in [0.3, 0.4) is 0 Å². The number of hydrogen-bond acceptors (Lipinski definition) is 2. The molecule has 2 aromatic rings. The van der Waals surface area contributed by atoms with E-state index in [4.69, 9.17) is 5.73 Å². The fourth-order valence-electron chi connectivity index (χ4n) is 2.26. The van der Waals surface area contributed by atoms with Crippen LogP contribution < -0.4 is 10.5 Å². The van der Waals surface area contributed by atoms with Crippen molar-refractivity contribution in [2.24, 2.45) is 0 Å². The molecular formula is C18H10F11NO. The van der Waals surface area contributed by atoms with E-state index < -0.39 is 41.5 Å². The molecular weight excluding hydrogens is 455 g/mol. The Hall–Kier alpha value is -2.99. The Bertz CT molecular complexity index is 968. The Morgan fingerprint density at radius 1 is 0.710 bits per heavy atom. The van der Waals surface area contributed by atoms with Gasteiger partial charge in [-0.05, 0) is 23.3 Å². The van der Waals surface area contributed by atoms with Crippen LogP contribution in [0.25, 0.3) is 11.1 Å². The van der Waals surface area contributed by atoms with Crippen molar-refractivity contribution in [3.63, 3.8) is 0 Å². The summed E-state index contributed by atoms with van der Waals surface area (Å²) in [5.74, 6) is -26.5. The van der Waals surface area contributed by atoms with Crippen LogP contribution in [0.15, 0.2) is 60.4 Å². The van der Waals surface area contributed by atoms with Crippen LogP contribution in [-0.2, 0) is 0 Å². The second-order valence-electron chi connectivity index (χ2n) is 6.07. The van der Waals surface area contributed by atoms with Gasteiger partial charge in [-0.25, -0.2) is 0 Å². The van der Waals surface area contributed by atoms with E-state index in [9.17, 15) is 48.3 Å². The number of halogens is 11. The Balaban J connectivity index is 2.44. The summed E-state index contributed by atoms with van der Waals surface area (Å²) in [5.41, 5.74) is 5.91. The van der Waals surface area contributed by atoms with Gasteiger partial charge in [0.2, 0.25) is 5.83 Å². The molecule has 2 N–H and O–H groups in total. The highest BCUT2D eigenvalue weighted by molar-refractivity contribution is 5.69. The average molecular weight is 465 g/mol. The molecule has 0 bridgehead atoms. The molecule has 170 valence electrons. The van der Waals surface area contributed by atoms with E-state index in [1.165, 1.54) is 18.2 Å². The summed E-state index contributed by atoms with van der Waals surface area (Å²) in [6, 6.07) is 7.52. The van der Waals surface area contributed by atoms with Crippen LogP contribution in [0.2, 0.25) is 0 Å². The lowest BCUT2D eigenvalue weighted by molar-refractivity contribution is -0.392. The van der Waals surface area contributed by atoms with E-state index in [2.05, 4.69) is 4.74 Å². The first-order valence-electron chi connectivity index (χ1n) is 7.92. The molecule has 0 fully saturated rings. The molecule has 31 heavy (non-hydrogen) atoms. The summed E-state index contributed by atoms with van der Waals surface area (Å²) in [4.78, 5) is 0. The van der Waals surface area contributed by atoms with Crippen molar-refractivity contribution >= 4 is 5.69 Å². The number of nitrogens with two attached hydrogens (primary N) is 1. The number of allylic oxidation sites excluding steroid dienone is 1. The molecule has 0 saturated heterocycles. The normalized spacial score (nSPS) is 14.3. The van der Waals surface area contributed by atoms with Gasteiger partial charge in [0.05, 0.1) is 0 Å². The SMILES string of the molecule is Nc1cc(OC(F)=C(F)C(F)(F)C(F)(F)C(F)(F)C(F)(F)F)cc(-c2ccccc2)c1. The summed E-state index contributed by atoms with van der Waals surface area (Å²) in [5, 5.41) is 0. The molecule has 0 aliphatic carbocycles. The monoisotopic (exact) mass is 465 g/mol. The molecule has 0 heterocycles. The van der Waals surface area contributed by atoms with Gasteiger partial charge in [0.25, 0.3) is 0 Å². The van der Waals surface area contributed by atoms with Gasteiger partial charge < -0.3 is 10.5 Å². The van der Waals surface area contributed by atoms with E-state index in [-0.39, 0.29) is 11.3 Å². The minimum Gasteiger partial charge on any atom is -0.430 e. The summed E-state index contributed by atoms with van der Waals surface area (Å²) < 4.78 is 147. The van der Waals surface area contributed by atoms with Crippen molar-refractivity contribution in [3.8, 4) is 16.9 Å². The summed E-state index contributed by atoms with van der Waals surface area (Å²) in [6.07, 6.45) is -7.18. The molecule has 2 aromatic carbocycles. The summed E-state index contributed by atoms with van der Waals surface area (Å²) in [6.45, 7) is 0. The van der Waals surface area contributed by atoms with Crippen LogP contribution in [0.5, 0.6) is 5.75 Å². The molecule has 0 aliphatic heterocycles. The zero-order valence-electron chi connectivity index (χ0n) is 14.8. The smallest absolute Gasteiger partial charge is 0.430 e. The average Bonchev–Trinajstić information content (AvgIpc) is 2.66. The molecule has 0 radical (unpaired) electrons. The van der Waals surface area contributed by atoms with Gasteiger partial charge in [-0.3, -0.25) is 0 Å². The van der Waals surface area contributed by atoms with E-state index >= 15 is 0 Å². The number of ether oxygens (including phenoxy) is 1. The first-order valence-corrected chi connectivity index (χ1v) is 7.92. The Kier molecular flexibility index (Phi) is 6.21. The zero-order chi connectivity index (χ0) is 23.8.